The van der Waals surface area contributed by atoms with Crippen molar-refractivity contribution in [1.29, 1.82) is 0 Å². The molecular weight excluding hydrogens is 669 g/mol. The van der Waals surface area contributed by atoms with Gasteiger partial charge >= 0.3 is 5.97 Å². The fourth-order valence-corrected chi connectivity index (χ4v) is 7.04. The third-order valence-electron chi connectivity index (χ3n) is 8.75. The van der Waals surface area contributed by atoms with Crippen LogP contribution in [0.5, 0.6) is 0 Å². The monoisotopic (exact) mass is 712 g/mol. The summed E-state index contributed by atoms with van der Waals surface area (Å²) in [5.41, 5.74) is 7.45. The number of amides is 2. The molecule has 0 saturated carbocycles. The van der Waals surface area contributed by atoms with Gasteiger partial charge in [-0.1, -0.05) is 85.6 Å². The summed E-state index contributed by atoms with van der Waals surface area (Å²) in [6, 6.07) is 30.7. The maximum atomic E-state index is 12.5. The van der Waals surface area contributed by atoms with E-state index in [-0.39, 0.29) is 36.7 Å². The van der Waals surface area contributed by atoms with Crippen LogP contribution in [-0.4, -0.2) is 45.1 Å². The molecule has 2 amide bonds. The minimum atomic E-state index is -0.968. The van der Waals surface area contributed by atoms with Gasteiger partial charge in [0.25, 0.3) is 0 Å². The van der Waals surface area contributed by atoms with Gasteiger partial charge in [-0.3, -0.25) is 14.8 Å². The molecule has 0 spiro atoms. The zero-order chi connectivity index (χ0) is 36.0. The van der Waals surface area contributed by atoms with Gasteiger partial charge in [-0.2, -0.15) is 0 Å². The molecule has 1 fully saturated rings. The van der Waals surface area contributed by atoms with Crippen LogP contribution in [0.3, 0.4) is 0 Å². The minimum Gasteiger partial charge on any atom is -0.478 e. The number of ether oxygens (including phenoxy) is 2. The van der Waals surface area contributed by atoms with Gasteiger partial charge in [0.15, 0.2) is 6.29 Å². The average molecular weight is 713 g/mol. The number of thioether (sulfide) groups is 1. The van der Waals surface area contributed by atoms with E-state index in [2.05, 4.69) is 11.4 Å². The lowest BCUT2D eigenvalue weighted by molar-refractivity contribution is -0.245. The van der Waals surface area contributed by atoms with Crippen LogP contribution in [-0.2, 0) is 32.2 Å². The van der Waals surface area contributed by atoms with Gasteiger partial charge in [-0.05, 0) is 64.9 Å². The average Bonchev–Trinajstić information content (AvgIpc) is 3.17. The second-order valence-electron chi connectivity index (χ2n) is 12.5. The number of aliphatic hydroxyl groups is 1. The molecular formula is C40H44N2O8S. The molecule has 11 heteroatoms. The highest BCUT2D eigenvalue weighted by Crippen LogP contribution is 2.40. The molecule has 51 heavy (non-hydrogen) atoms. The lowest BCUT2D eigenvalue weighted by Crippen LogP contribution is -2.31. The third-order valence-corrected chi connectivity index (χ3v) is 9.95. The van der Waals surface area contributed by atoms with E-state index in [0.717, 1.165) is 52.6 Å². The molecule has 10 nitrogen and oxygen atoms in total. The van der Waals surface area contributed by atoms with Crippen molar-refractivity contribution in [2.75, 3.05) is 5.75 Å². The van der Waals surface area contributed by atoms with Crippen LogP contribution < -0.4 is 10.8 Å². The summed E-state index contributed by atoms with van der Waals surface area (Å²) in [5.74, 6) is -0.854. The number of rotatable bonds is 17. The molecule has 1 heterocycles. The van der Waals surface area contributed by atoms with Crippen LogP contribution in [0.2, 0.25) is 0 Å². The van der Waals surface area contributed by atoms with Gasteiger partial charge in [0.2, 0.25) is 11.8 Å². The molecule has 1 aliphatic rings. The highest BCUT2D eigenvalue weighted by Gasteiger charge is 2.32. The van der Waals surface area contributed by atoms with Gasteiger partial charge in [-0.25, -0.2) is 10.3 Å². The Kier molecular flexibility index (Phi) is 14.2. The number of carboxylic acid groups (broad SMARTS) is 1. The predicted octanol–water partition coefficient (Wildman–Crippen LogP) is 7.34. The number of hydroxylamine groups is 1. The Morgan fingerprint density at radius 2 is 1.45 bits per heavy atom. The van der Waals surface area contributed by atoms with Gasteiger partial charge in [0, 0.05) is 42.0 Å². The van der Waals surface area contributed by atoms with Crippen molar-refractivity contribution in [3.63, 3.8) is 0 Å². The van der Waals surface area contributed by atoms with E-state index in [4.69, 9.17) is 14.7 Å². The van der Waals surface area contributed by atoms with Crippen molar-refractivity contribution >= 4 is 29.5 Å². The van der Waals surface area contributed by atoms with E-state index in [1.807, 2.05) is 78.9 Å². The van der Waals surface area contributed by atoms with E-state index < -0.39 is 18.2 Å². The Morgan fingerprint density at radius 1 is 0.745 bits per heavy atom. The minimum absolute atomic E-state index is 0.0261. The smallest absolute Gasteiger partial charge is 0.336 e. The van der Waals surface area contributed by atoms with Gasteiger partial charge in [0.05, 0.1) is 24.4 Å². The van der Waals surface area contributed by atoms with Crippen LogP contribution in [0.15, 0.2) is 102 Å². The molecule has 3 unspecified atom stereocenters. The van der Waals surface area contributed by atoms with Crippen molar-refractivity contribution in [3.05, 3.63) is 125 Å². The number of aliphatic hydroxyl groups excluding tert-OH is 1. The van der Waals surface area contributed by atoms with E-state index in [9.17, 15) is 24.6 Å². The van der Waals surface area contributed by atoms with Gasteiger partial charge in [-0.15, -0.1) is 11.8 Å². The lowest BCUT2D eigenvalue weighted by atomic mass is 9.99. The molecule has 1 aliphatic heterocycles. The lowest BCUT2D eigenvalue weighted by Gasteiger charge is -2.36. The largest absolute Gasteiger partial charge is 0.478 e. The number of hydrogen-bond donors (Lipinski definition) is 5. The van der Waals surface area contributed by atoms with E-state index in [1.165, 1.54) is 11.8 Å². The summed E-state index contributed by atoms with van der Waals surface area (Å²) in [6.45, 7) is 0.357. The molecule has 0 radical (unpaired) electrons. The van der Waals surface area contributed by atoms with Crippen LogP contribution in [0, 0.1) is 0 Å². The fraction of sp³-hybridized carbons (Fsp3) is 0.325. The topological polar surface area (TPSA) is 154 Å². The maximum absolute atomic E-state index is 12.5. The number of aromatic carboxylic acids is 1. The van der Waals surface area contributed by atoms with E-state index in [1.54, 1.807) is 17.6 Å². The first-order valence-electron chi connectivity index (χ1n) is 17.2. The summed E-state index contributed by atoms with van der Waals surface area (Å²) in [6.07, 6.45) is 3.13. The van der Waals surface area contributed by atoms with E-state index >= 15 is 0 Å². The fourth-order valence-electron chi connectivity index (χ4n) is 5.97. The normalized spacial score (nSPS) is 17.1. The van der Waals surface area contributed by atoms with Gasteiger partial charge < -0.3 is 25.0 Å². The summed E-state index contributed by atoms with van der Waals surface area (Å²) in [4.78, 5) is 36.1. The quantitative estimate of drug-likeness (QED) is 0.0327. The summed E-state index contributed by atoms with van der Waals surface area (Å²) >= 11 is 1.45. The molecule has 5 rings (SSSR count). The third kappa shape index (κ3) is 11.2. The van der Waals surface area contributed by atoms with E-state index in [0.29, 0.717) is 36.5 Å². The van der Waals surface area contributed by atoms with Crippen LogP contribution in [0.1, 0.15) is 90.0 Å². The Bertz CT molecular complexity index is 1770. The van der Waals surface area contributed by atoms with Gasteiger partial charge in [0.1, 0.15) is 0 Å². The van der Waals surface area contributed by atoms with Crippen molar-refractivity contribution < 1.29 is 39.3 Å². The Morgan fingerprint density at radius 3 is 2.18 bits per heavy atom. The molecule has 1 saturated heterocycles. The molecule has 0 bridgehead atoms. The first-order chi connectivity index (χ1) is 24.8. The molecule has 268 valence electrons. The van der Waals surface area contributed by atoms with Crippen LogP contribution in [0.25, 0.3) is 11.1 Å². The zero-order valence-electron chi connectivity index (χ0n) is 28.3. The second-order valence-corrected chi connectivity index (χ2v) is 13.6. The standard InChI is InChI=1S/C40H44N2O8S/c43-25-27-17-19-29(20-18-27)35-23-33(26-51-36-14-6-5-13-34(36)39(46)47)49-40(50-35)32-12-8-11-31(22-32)30-10-7-9-28(21-30)24-41-37(44)15-3-1-2-4-16-38(45)42-48/h5-14,17-22,33,35,40,43,48H,1-4,15-16,23-26H2,(H,41,44)(H,42,45)(H,46,47). The molecule has 3 atom stereocenters. The summed E-state index contributed by atoms with van der Waals surface area (Å²) in [5, 5.41) is 30.8. The molecule has 5 N–H and O–H groups in total. The van der Waals surface area contributed by atoms with Crippen molar-refractivity contribution in [3.8, 4) is 11.1 Å². The SMILES string of the molecule is O=C(CCCCCCC(=O)NCc1cccc(-c2cccc(C3OC(CSc4ccccc4C(=O)O)CC(c4ccc(CO)cc4)O3)c2)c1)NO. The summed E-state index contributed by atoms with van der Waals surface area (Å²) < 4.78 is 13.1. The second kappa shape index (κ2) is 19.2. The number of benzene rings is 4. The highest BCUT2D eigenvalue weighted by molar-refractivity contribution is 7.99. The number of carbonyl (C=O) groups excluding carboxylic acids is 2. The molecule has 4 aromatic carbocycles. The van der Waals surface area contributed by atoms with Crippen molar-refractivity contribution in [2.45, 2.75) is 81.5 Å². The maximum Gasteiger partial charge on any atom is 0.336 e. The number of unbranched alkanes of at least 4 members (excludes halogenated alkanes) is 3. The first kappa shape index (κ1) is 37.7. The Balaban J connectivity index is 1.24. The molecule has 0 aromatic heterocycles. The number of carboxylic acids is 1. The number of hydrogen-bond acceptors (Lipinski definition) is 8. The predicted molar refractivity (Wildman–Crippen MR) is 194 cm³/mol. The summed E-state index contributed by atoms with van der Waals surface area (Å²) in [7, 11) is 0. The Hall–Kier alpha value is -4.52. The molecule has 0 aliphatic carbocycles. The number of nitrogens with one attached hydrogen (secondary N) is 2. The highest BCUT2D eigenvalue weighted by atomic mass is 32.2. The van der Waals surface area contributed by atoms with Crippen LogP contribution >= 0.6 is 11.8 Å². The van der Waals surface area contributed by atoms with Crippen molar-refractivity contribution in [2.24, 2.45) is 0 Å². The number of carbonyl (C=O) groups is 3. The zero-order valence-corrected chi connectivity index (χ0v) is 29.1. The Labute approximate surface area is 302 Å². The first-order valence-corrected chi connectivity index (χ1v) is 18.2. The van der Waals surface area contributed by atoms with Crippen LogP contribution in [0.4, 0.5) is 0 Å². The molecule has 4 aromatic rings. The van der Waals surface area contributed by atoms with Crippen molar-refractivity contribution in [1.82, 2.24) is 10.8 Å².